The van der Waals surface area contributed by atoms with Crippen LogP contribution >= 0.6 is 0 Å². The first-order valence-corrected chi connectivity index (χ1v) is 10.7. The lowest BCUT2D eigenvalue weighted by Gasteiger charge is -2.37. The monoisotopic (exact) mass is 430 g/mol. The minimum atomic E-state index is -0.348. The van der Waals surface area contributed by atoms with Gasteiger partial charge in [0, 0.05) is 35.8 Å². The number of nitrogens with zero attached hydrogens (tertiary/aromatic N) is 3. The molecular weight excluding hydrogens is 404 g/mol. The maximum atomic E-state index is 13.8. The van der Waals surface area contributed by atoms with Gasteiger partial charge in [0.1, 0.15) is 11.7 Å². The van der Waals surface area contributed by atoms with Crippen molar-refractivity contribution in [1.82, 2.24) is 19.7 Å². The van der Waals surface area contributed by atoms with E-state index in [0.717, 1.165) is 28.9 Å². The van der Waals surface area contributed by atoms with Gasteiger partial charge in [0.2, 0.25) is 0 Å². The highest BCUT2D eigenvalue weighted by Crippen LogP contribution is 2.44. The van der Waals surface area contributed by atoms with Gasteiger partial charge in [0.25, 0.3) is 5.91 Å². The molecule has 7 heteroatoms. The molecule has 1 amide bonds. The smallest absolute Gasteiger partial charge is 0.272 e. The van der Waals surface area contributed by atoms with E-state index in [0.29, 0.717) is 23.7 Å². The second kappa shape index (κ2) is 7.75. The van der Waals surface area contributed by atoms with E-state index < -0.39 is 0 Å². The number of aromatic nitrogens is 3. The topological polar surface area (TPSA) is 72.4 Å². The summed E-state index contributed by atoms with van der Waals surface area (Å²) in [5.74, 6) is 1.20. The predicted octanol–water partition coefficient (Wildman–Crippen LogP) is 4.01. The third-order valence-corrected chi connectivity index (χ3v) is 6.24. The van der Waals surface area contributed by atoms with Crippen molar-refractivity contribution in [3.8, 4) is 11.5 Å². The molecule has 1 atom stereocenters. The van der Waals surface area contributed by atoms with Gasteiger partial charge in [-0.1, -0.05) is 30.3 Å². The minimum Gasteiger partial charge on any atom is -0.493 e. The number of fused-ring (bicyclic) bond motifs is 3. The Balaban J connectivity index is 1.73. The number of H-pyrrole nitrogens is 1. The van der Waals surface area contributed by atoms with Crippen LogP contribution in [0, 0.1) is 6.92 Å². The molecule has 7 nitrogen and oxygen atoms in total. The number of methoxy groups -OCH3 is 2. The van der Waals surface area contributed by atoms with Crippen molar-refractivity contribution < 1.29 is 14.3 Å². The summed E-state index contributed by atoms with van der Waals surface area (Å²) in [6.07, 6.45) is 0.769. The Morgan fingerprint density at radius 3 is 2.66 bits per heavy atom. The van der Waals surface area contributed by atoms with Gasteiger partial charge in [-0.15, -0.1) is 0 Å². The van der Waals surface area contributed by atoms with Crippen LogP contribution < -0.4 is 9.47 Å². The highest BCUT2D eigenvalue weighted by molar-refractivity contribution is 5.94. The highest BCUT2D eigenvalue weighted by Gasteiger charge is 2.38. The van der Waals surface area contributed by atoms with Crippen LogP contribution in [0.2, 0.25) is 0 Å². The summed E-state index contributed by atoms with van der Waals surface area (Å²) in [6.45, 7) is 2.48. The molecule has 0 spiro atoms. The third kappa shape index (κ3) is 3.04. The first-order chi connectivity index (χ1) is 15.5. The van der Waals surface area contributed by atoms with Gasteiger partial charge >= 0.3 is 0 Å². The van der Waals surface area contributed by atoms with Crippen molar-refractivity contribution in [3.05, 3.63) is 76.7 Å². The molecule has 0 radical (unpaired) electrons. The average molecular weight is 431 g/mol. The molecule has 4 aromatic rings. The Hall–Kier alpha value is -3.74. The molecule has 1 aliphatic heterocycles. The predicted molar refractivity (Wildman–Crippen MR) is 122 cm³/mol. The van der Waals surface area contributed by atoms with E-state index in [4.69, 9.17) is 9.47 Å². The Kier molecular flexibility index (Phi) is 4.89. The van der Waals surface area contributed by atoms with Crippen LogP contribution in [0.3, 0.4) is 0 Å². The fourth-order valence-electron chi connectivity index (χ4n) is 4.87. The van der Waals surface area contributed by atoms with Gasteiger partial charge in [-0.3, -0.25) is 9.48 Å². The summed E-state index contributed by atoms with van der Waals surface area (Å²) in [6, 6.07) is 15.6. The van der Waals surface area contributed by atoms with Crippen molar-refractivity contribution in [2.45, 2.75) is 19.4 Å². The molecule has 0 fully saturated rings. The molecule has 2 aromatic heterocycles. The highest BCUT2D eigenvalue weighted by atomic mass is 16.5. The molecule has 1 aliphatic rings. The minimum absolute atomic E-state index is 0.0627. The van der Waals surface area contributed by atoms with Gasteiger partial charge in [-0.05, 0) is 37.1 Å². The van der Waals surface area contributed by atoms with Gasteiger partial charge in [0.05, 0.1) is 19.9 Å². The SMILES string of the molecule is COc1cccc(C2c3[nH]c4ccccc4c3CCN2C(=O)c2cc(C)nn2C)c1OC. The van der Waals surface area contributed by atoms with E-state index in [-0.39, 0.29) is 11.9 Å². The van der Waals surface area contributed by atoms with E-state index in [9.17, 15) is 4.79 Å². The van der Waals surface area contributed by atoms with Crippen LogP contribution in [0.4, 0.5) is 0 Å². The number of carbonyl (C=O) groups excluding carboxylic acids is 1. The molecule has 164 valence electrons. The lowest BCUT2D eigenvalue weighted by atomic mass is 9.91. The molecule has 0 saturated heterocycles. The summed E-state index contributed by atoms with van der Waals surface area (Å²) in [5, 5.41) is 5.57. The van der Waals surface area contributed by atoms with Gasteiger partial charge in [-0.2, -0.15) is 5.10 Å². The number of ether oxygens (including phenoxy) is 2. The van der Waals surface area contributed by atoms with E-state index in [1.807, 2.05) is 48.2 Å². The summed E-state index contributed by atoms with van der Waals surface area (Å²) < 4.78 is 13.0. The largest absolute Gasteiger partial charge is 0.493 e. The molecule has 5 rings (SSSR count). The molecule has 0 bridgehead atoms. The second-order valence-electron chi connectivity index (χ2n) is 8.09. The Morgan fingerprint density at radius 1 is 1.12 bits per heavy atom. The number of aromatic amines is 1. The zero-order valence-corrected chi connectivity index (χ0v) is 18.7. The third-order valence-electron chi connectivity index (χ3n) is 6.24. The number of hydrogen-bond acceptors (Lipinski definition) is 4. The van der Waals surface area contributed by atoms with Crippen LogP contribution in [0.5, 0.6) is 11.5 Å². The number of amides is 1. The lowest BCUT2D eigenvalue weighted by Crippen LogP contribution is -2.41. The normalized spacial score (nSPS) is 15.6. The molecule has 0 saturated carbocycles. The molecule has 0 aliphatic carbocycles. The molecule has 2 aromatic carbocycles. The van der Waals surface area contributed by atoms with Crippen LogP contribution in [0.25, 0.3) is 10.9 Å². The van der Waals surface area contributed by atoms with Gasteiger partial charge in [-0.25, -0.2) is 0 Å². The van der Waals surface area contributed by atoms with Crippen LogP contribution in [-0.4, -0.2) is 46.3 Å². The maximum absolute atomic E-state index is 13.8. The number of aryl methyl sites for hydroxylation is 2. The number of benzene rings is 2. The fourth-order valence-corrected chi connectivity index (χ4v) is 4.87. The van der Waals surface area contributed by atoms with Gasteiger partial charge < -0.3 is 19.4 Å². The first kappa shape index (κ1) is 20.2. The summed E-state index contributed by atoms with van der Waals surface area (Å²) >= 11 is 0. The molecule has 1 N–H and O–H groups in total. The van der Waals surface area contributed by atoms with E-state index >= 15 is 0 Å². The maximum Gasteiger partial charge on any atom is 0.272 e. The van der Waals surface area contributed by atoms with Crippen molar-refractivity contribution >= 4 is 16.8 Å². The number of hydrogen-bond donors (Lipinski definition) is 1. The first-order valence-electron chi connectivity index (χ1n) is 10.7. The Morgan fingerprint density at radius 2 is 1.94 bits per heavy atom. The number of nitrogens with one attached hydrogen (secondary N) is 1. The second-order valence-corrected chi connectivity index (χ2v) is 8.09. The summed E-state index contributed by atoms with van der Waals surface area (Å²) in [5.41, 5.74) is 5.57. The van der Waals surface area contributed by atoms with Crippen LogP contribution in [0.1, 0.15) is 39.0 Å². The van der Waals surface area contributed by atoms with E-state index in [2.05, 4.69) is 22.2 Å². The van der Waals surface area contributed by atoms with Gasteiger partial charge in [0.15, 0.2) is 11.5 Å². The quantitative estimate of drug-likeness (QED) is 0.531. The number of rotatable bonds is 4. The number of carbonyl (C=O) groups is 1. The summed E-state index contributed by atoms with van der Waals surface area (Å²) in [4.78, 5) is 19.3. The number of para-hydroxylation sites is 2. The van der Waals surface area contributed by atoms with Crippen molar-refractivity contribution in [1.29, 1.82) is 0 Å². The standard InChI is InChI=1S/C25H26N4O3/c1-15-14-20(28(2)27-15)25(30)29-13-12-17-16-8-5-6-10-19(16)26-22(17)23(29)18-9-7-11-21(31-3)24(18)32-4/h5-11,14,23,26H,12-13H2,1-4H3. The summed E-state index contributed by atoms with van der Waals surface area (Å²) in [7, 11) is 5.06. The fraction of sp³-hybridized carbons (Fsp3) is 0.280. The van der Waals surface area contributed by atoms with Crippen molar-refractivity contribution in [3.63, 3.8) is 0 Å². The molecule has 1 unspecified atom stereocenters. The molecule has 3 heterocycles. The zero-order valence-electron chi connectivity index (χ0n) is 18.7. The van der Waals surface area contributed by atoms with Crippen molar-refractivity contribution in [2.75, 3.05) is 20.8 Å². The molecular formula is C25H26N4O3. The average Bonchev–Trinajstić information content (AvgIpc) is 3.36. The van der Waals surface area contributed by atoms with E-state index in [1.54, 1.807) is 25.9 Å². The van der Waals surface area contributed by atoms with Crippen molar-refractivity contribution in [2.24, 2.45) is 7.05 Å². The van der Waals surface area contributed by atoms with Crippen LogP contribution in [0.15, 0.2) is 48.5 Å². The zero-order chi connectivity index (χ0) is 22.4. The Labute approximate surface area is 186 Å². The van der Waals surface area contributed by atoms with Crippen LogP contribution in [-0.2, 0) is 13.5 Å². The van der Waals surface area contributed by atoms with E-state index in [1.165, 1.54) is 10.9 Å². The lowest BCUT2D eigenvalue weighted by molar-refractivity contribution is 0.0678. The Bertz CT molecular complexity index is 1320. The molecule has 32 heavy (non-hydrogen) atoms.